The van der Waals surface area contributed by atoms with Crippen molar-refractivity contribution < 1.29 is 9.59 Å². The zero-order valence-corrected chi connectivity index (χ0v) is 15.2. The van der Waals surface area contributed by atoms with Gasteiger partial charge >= 0.3 is 0 Å². The molecule has 0 aliphatic heterocycles. The SMILES string of the molecule is CC(=O)N[C@@H](CC(=O)Nc1ccc(-c2ccccc2)cc1)c1ccccc1. The lowest BCUT2D eigenvalue weighted by Crippen LogP contribution is -2.29. The molecule has 0 aliphatic rings. The summed E-state index contributed by atoms with van der Waals surface area (Å²) in [6.07, 6.45) is 0.171. The van der Waals surface area contributed by atoms with Crippen molar-refractivity contribution in [1.82, 2.24) is 5.32 Å². The van der Waals surface area contributed by atoms with Gasteiger partial charge in [0, 0.05) is 12.6 Å². The van der Waals surface area contributed by atoms with Crippen molar-refractivity contribution in [3.05, 3.63) is 90.5 Å². The van der Waals surface area contributed by atoms with Crippen molar-refractivity contribution in [2.75, 3.05) is 5.32 Å². The van der Waals surface area contributed by atoms with Gasteiger partial charge in [0.1, 0.15) is 0 Å². The van der Waals surface area contributed by atoms with Crippen LogP contribution in [0.1, 0.15) is 24.9 Å². The molecule has 0 bridgehead atoms. The summed E-state index contributed by atoms with van der Waals surface area (Å²) in [5.74, 6) is -0.311. The van der Waals surface area contributed by atoms with Gasteiger partial charge in [0.05, 0.1) is 12.5 Å². The lowest BCUT2D eigenvalue weighted by atomic mass is 10.0. The minimum absolute atomic E-state index is 0.148. The number of benzene rings is 3. The standard InChI is InChI=1S/C23H22N2O2/c1-17(26)24-22(20-10-6-3-7-11-20)16-23(27)25-21-14-12-19(13-15-21)18-8-4-2-5-9-18/h2-15,22H,16H2,1H3,(H,24,26)(H,25,27)/t22-/m0/s1. The zero-order valence-electron chi connectivity index (χ0n) is 15.2. The Morgan fingerprint density at radius 3 is 1.93 bits per heavy atom. The maximum absolute atomic E-state index is 12.5. The third-order valence-electron chi connectivity index (χ3n) is 4.24. The molecular weight excluding hydrogens is 336 g/mol. The van der Waals surface area contributed by atoms with Crippen LogP contribution in [-0.2, 0) is 9.59 Å². The number of anilines is 1. The average Bonchev–Trinajstić information content (AvgIpc) is 2.69. The van der Waals surface area contributed by atoms with Gasteiger partial charge in [-0.3, -0.25) is 9.59 Å². The molecule has 0 saturated carbocycles. The van der Waals surface area contributed by atoms with Crippen LogP contribution in [0, 0.1) is 0 Å². The van der Waals surface area contributed by atoms with Gasteiger partial charge in [0.15, 0.2) is 0 Å². The van der Waals surface area contributed by atoms with E-state index in [1.807, 2.05) is 84.9 Å². The third-order valence-corrected chi connectivity index (χ3v) is 4.24. The third kappa shape index (κ3) is 5.28. The molecule has 2 N–H and O–H groups in total. The second kappa shape index (κ2) is 8.81. The highest BCUT2D eigenvalue weighted by molar-refractivity contribution is 5.92. The summed E-state index contributed by atoms with van der Waals surface area (Å²) in [5, 5.41) is 5.75. The number of hydrogen-bond donors (Lipinski definition) is 2. The van der Waals surface area contributed by atoms with Crippen molar-refractivity contribution in [1.29, 1.82) is 0 Å². The van der Waals surface area contributed by atoms with Gasteiger partial charge in [-0.15, -0.1) is 0 Å². The van der Waals surface area contributed by atoms with Crippen LogP contribution < -0.4 is 10.6 Å². The first-order valence-electron chi connectivity index (χ1n) is 8.89. The van der Waals surface area contributed by atoms with Crippen LogP contribution in [0.3, 0.4) is 0 Å². The van der Waals surface area contributed by atoms with E-state index >= 15 is 0 Å². The molecule has 2 amide bonds. The Bertz CT molecular complexity index is 891. The molecular formula is C23H22N2O2. The largest absolute Gasteiger partial charge is 0.349 e. The quantitative estimate of drug-likeness (QED) is 0.679. The summed E-state index contributed by atoms with van der Waals surface area (Å²) in [4.78, 5) is 24.0. The molecule has 1 atom stereocenters. The van der Waals surface area contributed by atoms with Crippen molar-refractivity contribution in [3.63, 3.8) is 0 Å². The van der Waals surface area contributed by atoms with E-state index in [1.54, 1.807) is 0 Å². The maximum Gasteiger partial charge on any atom is 0.226 e. The van der Waals surface area contributed by atoms with Crippen molar-refractivity contribution in [2.24, 2.45) is 0 Å². The smallest absolute Gasteiger partial charge is 0.226 e. The van der Waals surface area contributed by atoms with E-state index in [4.69, 9.17) is 0 Å². The van der Waals surface area contributed by atoms with Crippen LogP contribution in [0.4, 0.5) is 5.69 Å². The van der Waals surface area contributed by atoms with Gasteiger partial charge in [0.2, 0.25) is 11.8 Å². The van der Waals surface area contributed by atoms with Crippen LogP contribution in [0.15, 0.2) is 84.9 Å². The van der Waals surface area contributed by atoms with Gasteiger partial charge in [-0.05, 0) is 28.8 Å². The Kier molecular flexibility index (Phi) is 6.00. The molecule has 0 radical (unpaired) electrons. The van der Waals surface area contributed by atoms with E-state index in [2.05, 4.69) is 10.6 Å². The molecule has 4 nitrogen and oxygen atoms in total. The van der Waals surface area contributed by atoms with Crippen LogP contribution in [-0.4, -0.2) is 11.8 Å². The Morgan fingerprint density at radius 1 is 0.778 bits per heavy atom. The molecule has 4 heteroatoms. The predicted molar refractivity (Wildman–Crippen MR) is 108 cm³/mol. The predicted octanol–water partition coefficient (Wildman–Crippen LogP) is 4.56. The van der Waals surface area contributed by atoms with Gasteiger partial charge in [-0.1, -0.05) is 72.8 Å². The van der Waals surface area contributed by atoms with Gasteiger partial charge < -0.3 is 10.6 Å². The summed E-state index contributed by atoms with van der Waals surface area (Å²) in [5.41, 5.74) is 3.86. The fraction of sp³-hybridized carbons (Fsp3) is 0.130. The monoisotopic (exact) mass is 358 g/mol. The van der Waals surface area contributed by atoms with Crippen LogP contribution in [0.5, 0.6) is 0 Å². The number of nitrogens with one attached hydrogen (secondary N) is 2. The summed E-state index contributed by atoms with van der Waals surface area (Å²) in [6.45, 7) is 1.45. The molecule has 0 spiro atoms. The number of rotatable bonds is 6. The fourth-order valence-corrected chi connectivity index (χ4v) is 2.96. The zero-order chi connectivity index (χ0) is 19.1. The Labute approximate surface area is 159 Å². The first-order valence-corrected chi connectivity index (χ1v) is 8.89. The summed E-state index contributed by atoms with van der Waals surface area (Å²) in [6, 6.07) is 26.9. The van der Waals surface area contributed by atoms with E-state index in [0.29, 0.717) is 0 Å². The van der Waals surface area contributed by atoms with E-state index in [-0.39, 0.29) is 24.3 Å². The number of hydrogen-bond acceptors (Lipinski definition) is 2. The highest BCUT2D eigenvalue weighted by Gasteiger charge is 2.17. The van der Waals surface area contributed by atoms with Gasteiger partial charge in [-0.2, -0.15) is 0 Å². The van der Waals surface area contributed by atoms with Crippen LogP contribution in [0.2, 0.25) is 0 Å². The lowest BCUT2D eigenvalue weighted by molar-refractivity contribution is -0.120. The van der Waals surface area contributed by atoms with E-state index in [0.717, 1.165) is 22.4 Å². The van der Waals surface area contributed by atoms with Crippen LogP contribution in [0.25, 0.3) is 11.1 Å². The van der Waals surface area contributed by atoms with E-state index in [1.165, 1.54) is 6.92 Å². The van der Waals surface area contributed by atoms with Crippen molar-refractivity contribution in [2.45, 2.75) is 19.4 Å². The van der Waals surface area contributed by atoms with E-state index in [9.17, 15) is 9.59 Å². The normalized spacial score (nSPS) is 11.4. The molecule has 0 fully saturated rings. The summed E-state index contributed by atoms with van der Waals surface area (Å²) >= 11 is 0. The first-order chi connectivity index (χ1) is 13.1. The molecule has 27 heavy (non-hydrogen) atoms. The molecule has 0 aliphatic carbocycles. The Hall–Kier alpha value is -3.40. The summed E-state index contributed by atoms with van der Waals surface area (Å²) in [7, 11) is 0. The highest BCUT2D eigenvalue weighted by Crippen LogP contribution is 2.22. The molecule has 0 heterocycles. The Balaban J connectivity index is 1.66. The summed E-state index contributed by atoms with van der Waals surface area (Å²) < 4.78 is 0. The highest BCUT2D eigenvalue weighted by atomic mass is 16.2. The fourth-order valence-electron chi connectivity index (χ4n) is 2.96. The second-order valence-corrected chi connectivity index (χ2v) is 6.36. The molecule has 0 aromatic heterocycles. The molecule has 136 valence electrons. The Morgan fingerprint density at radius 2 is 1.33 bits per heavy atom. The minimum Gasteiger partial charge on any atom is -0.349 e. The molecule has 0 unspecified atom stereocenters. The maximum atomic E-state index is 12.5. The lowest BCUT2D eigenvalue weighted by Gasteiger charge is -2.18. The molecule has 0 saturated heterocycles. The second-order valence-electron chi connectivity index (χ2n) is 6.36. The van der Waals surface area contributed by atoms with E-state index < -0.39 is 0 Å². The number of carbonyl (C=O) groups is 2. The molecule has 3 aromatic carbocycles. The molecule has 3 rings (SSSR count). The van der Waals surface area contributed by atoms with Crippen molar-refractivity contribution in [3.8, 4) is 11.1 Å². The number of amides is 2. The first kappa shape index (κ1) is 18.4. The van der Waals surface area contributed by atoms with Gasteiger partial charge in [0.25, 0.3) is 0 Å². The van der Waals surface area contributed by atoms with Gasteiger partial charge in [-0.25, -0.2) is 0 Å². The van der Waals surface area contributed by atoms with Crippen LogP contribution >= 0.6 is 0 Å². The number of carbonyl (C=O) groups excluding carboxylic acids is 2. The van der Waals surface area contributed by atoms with Crippen molar-refractivity contribution >= 4 is 17.5 Å². The average molecular weight is 358 g/mol. The molecule has 3 aromatic rings. The topological polar surface area (TPSA) is 58.2 Å². The minimum atomic E-state index is -0.354.